The van der Waals surface area contributed by atoms with Crippen LogP contribution < -0.4 is 5.48 Å². The van der Waals surface area contributed by atoms with Crippen molar-refractivity contribution in [2.24, 2.45) is 0 Å². The Hall–Kier alpha value is -1.25. The molecule has 0 fully saturated rings. The molecular weight excluding hydrogens is 286 g/mol. The van der Waals surface area contributed by atoms with Crippen LogP contribution in [-0.2, 0) is 9.63 Å². The van der Waals surface area contributed by atoms with Gasteiger partial charge in [0.05, 0.1) is 0 Å². The van der Waals surface area contributed by atoms with Crippen LogP contribution in [0.3, 0.4) is 0 Å². The molecule has 0 radical (unpaired) electrons. The molecule has 0 bridgehead atoms. The van der Waals surface area contributed by atoms with Crippen molar-refractivity contribution in [2.45, 2.75) is 96.8 Å². The number of rotatable bonds is 17. The van der Waals surface area contributed by atoms with Gasteiger partial charge in [0.15, 0.2) is 0 Å². The molecule has 0 unspecified atom stereocenters. The second kappa shape index (κ2) is 18.8. The Balaban J connectivity index is 3.16. The lowest BCUT2D eigenvalue weighted by molar-refractivity contribution is -0.129. The van der Waals surface area contributed by atoms with Crippen molar-refractivity contribution in [3.05, 3.63) is 25.0 Å². The van der Waals surface area contributed by atoms with Crippen LogP contribution in [0.2, 0.25) is 0 Å². The highest BCUT2D eigenvalue weighted by Crippen LogP contribution is 2.09. The summed E-state index contributed by atoms with van der Waals surface area (Å²) in [5, 5.41) is 0. The van der Waals surface area contributed by atoms with E-state index in [0.717, 1.165) is 12.8 Å². The van der Waals surface area contributed by atoms with Crippen molar-refractivity contribution in [3.8, 4) is 0 Å². The largest absolute Gasteiger partial charge is 0.388 e. The third-order valence-electron chi connectivity index (χ3n) is 3.92. The first-order chi connectivity index (χ1) is 11.3. The molecule has 1 N–H and O–H groups in total. The Morgan fingerprint density at radius 1 is 0.870 bits per heavy atom. The normalized spacial score (nSPS) is 10.8. The molecule has 1 amide bonds. The number of carbonyl (C=O) groups excluding carboxylic acids is 1. The first kappa shape index (κ1) is 21.8. The molecule has 3 nitrogen and oxygen atoms in total. The van der Waals surface area contributed by atoms with E-state index in [1.807, 2.05) is 0 Å². The summed E-state index contributed by atoms with van der Waals surface area (Å²) in [5.74, 6) is -0.0671. The van der Waals surface area contributed by atoms with Gasteiger partial charge >= 0.3 is 0 Å². The Morgan fingerprint density at radius 2 is 1.39 bits per heavy atom. The topological polar surface area (TPSA) is 38.3 Å². The number of amides is 1. The monoisotopic (exact) mass is 323 g/mol. The van der Waals surface area contributed by atoms with Crippen LogP contribution in [-0.4, -0.2) is 5.91 Å². The lowest BCUT2D eigenvalue weighted by atomic mass is 10.1. The second-order valence-corrected chi connectivity index (χ2v) is 6.14. The highest BCUT2D eigenvalue weighted by atomic mass is 16.6. The van der Waals surface area contributed by atoms with Gasteiger partial charge in [-0.25, -0.2) is 0 Å². The van der Waals surface area contributed by atoms with E-state index in [1.165, 1.54) is 76.9 Å². The van der Waals surface area contributed by atoms with Crippen LogP contribution in [0.5, 0.6) is 0 Å². The van der Waals surface area contributed by atoms with Crippen LogP contribution in [0.15, 0.2) is 25.0 Å². The van der Waals surface area contributed by atoms with Gasteiger partial charge in [0, 0.05) is 6.42 Å². The van der Waals surface area contributed by atoms with E-state index in [-0.39, 0.29) is 5.91 Å². The molecular formula is C20H37NO2. The first-order valence-corrected chi connectivity index (χ1v) is 9.51. The molecule has 0 aromatic rings. The van der Waals surface area contributed by atoms with Crippen molar-refractivity contribution in [3.63, 3.8) is 0 Å². The van der Waals surface area contributed by atoms with Gasteiger partial charge in [0.1, 0.15) is 6.26 Å². The molecule has 23 heavy (non-hydrogen) atoms. The summed E-state index contributed by atoms with van der Waals surface area (Å²) >= 11 is 0. The summed E-state index contributed by atoms with van der Waals surface area (Å²) in [4.78, 5) is 15.9. The third-order valence-corrected chi connectivity index (χ3v) is 3.92. The minimum Gasteiger partial charge on any atom is -0.388 e. The third kappa shape index (κ3) is 18.7. The van der Waals surface area contributed by atoms with Gasteiger partial charge in [0.25, 0.3) is 5.91 Å². The van der Waals surface area contributed by atoms with Gasteiger partial charge in [-0.15, -0.1) is 0 Å². The van der Waals surface area contributed by atoms with E-state index >= 15 is 0 Å². The minimum absolute atomic E-state index is 0.0671. The maximum Gasteiger partial charge on any atom is 0.252 e. The summed E-state index contributed by atoms with van der Waals surface area (Å²) in [6, 6.07) is 0. The van der Waals surface area contributed by atoms with Gasteiger partial charge < -0.3 is 4.84 Å². The molecule has 0 saturated carbocycles. The highest BCUT2D eigenvalue weighted by molar-refractivity contribution is 5.74. The molecule has 0 aromatic heterocycles. The van der Waals surface area contributed by atoms with Gasteiger partial charge in [-0.2, -0.15) is 5.48 Å². The zero-order chi connectivity index (χ0) is 17.0. The van der Waals surface area contributed by atoms with Crippen LogP contribution in [0.1, 0.15) is 96.8 Å². The van der Waals surface area contributed by atoms with Gasteiger partial charge in [0.2, 0.25) is 0 Å². The summed E-state index contributed by atoms with van der Waals surface area (Å²) < 4.78 is 0. The standard InChI is InChI=1S/C20H37NO2/c1-3-5-6-7-8-9-10-11-12-13-14-15-16-17-18-19-20(22)21-23-4-2/h4,11-12H,2-3,5-10,13-19H2,1H3,(H,21,22)/b12-11-. The summed E-state index contributed by atoms with van der Waals surface area (Å²) in [5.41, 5.74) is 2.32. The van der Waals surface area contributed by atoms with Crippen molar-refractivity contribution in [2.75, 3.05) is 0 Å². The Morgan fingerprint density at radius 3 is 1.96 bits per heavy atom. The van der Waals surface area contributed by atoms with E-state index in [2.05, 4.69) is 36.0 Å². The minimum atomic E-state index is -0.0671. The van der Waals surface area contributed by atoms with Crippen molar-refractivity contribution >= 4 is 5.91 Å². The number of nitrogens with one attached hydrogen (secondary N) is 1. The molecule has 3 heteroatoms. The molecule has 0 aliphatic rings. The SMILES string of the molecule is C=CONC(=O)CCCCCCC/C=C\CCCCCCCC. The number of allylic oxidation sites excluding steroid dienone is 2. The van der Waals surface area contributed by atoms with Crippen LogP contribution >= 0.6 is 0 Å². The van der Waals surface area contributed by atoms with E-state index in [4.69, 9.17) is 0 Å². The van der Waals surface area contributed by atoms with Gasteiger partial charge in [-0.3, -0.25) is 4.79 Å². The molecule has 0 heterocycles. The van der Waals surface area contributed by atoms with Crippen LogP contribution in [0, 0.1) is 0 Å². The van der Waals surface area contributed by atoms with Gasteiger partial charge in [-0.1, -0.05) is 77.0 Å². The van der Waals surface area contributed by atoms with E-state index in [1.54, 1.807) is 0 Å². The van der Waals surface area contributed by atoms with E-state index < -0.39 is 0 Å². The predicted molar refractivity (Wildman–Crippen MR) is 98.9 cm³/mol. The molecule has 0 saturated heterocycles. The quantitative estimate of drug-likeness (QED) is 0.149. The maximum absolute atomic E-state index is 11.2. The number of hydrogen-bond donors (Lipinski definition) is 1. The Kier molecular flexibility index (Phi) is 17.8. The second-order valence-electron chi connectivity index (χ2n) is 6.14. The number of hydrogen-bond acceptors (Lipinski definition) is 2. The summed E-state index contributed by atoms with van der Waals surface area (Å²) in [6.45, 7) is 5.63. The lowest BCUT2D eigenvalue weighted by Crippen LogP contribution is -2.20. The fraction of sp³-hybridized carbons (Fsp3) is 0.750. The van der Waals surface area contributed by atoms with Crippen LogP contribution in [0.4, 0.5) is 0 Å². The number of hydroxylamine groups is 1. The van der Waals surface area contributed by atoms with E-state index in [9.17, 15) is 4.79 Å². The van der Waals surface area contributed by atoms with Crippen molar-refractivity contribution in [1.82, 2.24) is 5.48 Å². The van der Waals surface area contributed by atoms with Crippen molar-refractivity contribution < 1.29 is 9.63 Å². The number of carbonyl (C=O) groups is 1. The zero-order valence-electron chi connectivity index (χ0n) is 15.2. The fourth-order valence-electron chi connectivity index (χ4n) is 2.51. The van der Waals surface area contributed by atoms with Gasteiger partial charge in [-0.05, 0) is 32.1 Å². The molecule has 0 spiro atoms. The highest BCUT2D eigenvalue weighted by Gasteiger charge is 1.99. The maximum atomic E-state index is 11.2. The zero-order valence-corrected chi connectivity index (χ0v) is 15.2. The molecule has 0 aliphatic carbocycles. The predicted octanol–water partition coefficient (Wildman–Crippen LogP) is 6.22. The number of unbranched alkanes of at least 4 members (excludes halogenated alkanes) is 11. The molecule has 134 valence electrons. The summed E-state index contributed by atoms with van der Waals surface area (Å²) in [6.07, 6.45) is 22.9. The Bertz CT molecular complexity index is 300. The van der Waals surface area contributed by atoms with E-state index in [0.29, 0.717) is 6.42 Å². The Labute approximate surface area is 143 Å². The lowest BCUT2D eigenvalue weighted by Gasteiger charge is -2.02. The van der Waals surface area contributed by atoms with Crippen LogP contribution in [0.25, 0.3) is 0 Å². The smallest absolute Gasteiger partial charge is 0.252 e. The molecule has 0 aromatic carbocycles. The first-order valence-electron chi connectivity index (χ1n) is 9.51. The average Bonchev–Trinajstić information content (AvgIpc) is 2.56. The molecule has 0 rings (SSSR count). The molecule has 0 atom stereocenters. The average molecular weight is 324 g/mol. The molecule has 0 aliphatic heterocycles. The summed E-state index contributed by atoms with van der Waals surface area (Å²) in [7, 11) is 0. The van der Waals surface area contributed by atoms with Crippen molar-refractivity contribution in [1.29, 1.82) is 0 Å². The fourth-order valence-corrected chi connectivity index (χ4v) is 2.51.